The largest absolute Gasteiger partial charge is 0.321 e. The minimum absolute atomic E-state index is 0.0812. The van der Waals surface area contributed by atoms with Gasteiger partial charge in [-0.3, -0.25) is 4.79 Å². The van der Waals surface area contributed by atoms with Crippen molar-refractivity contribution in [2.45, 2.75) is 6.92 Å². The first-order valence-corrected chi connectivity index (χ1v) is 6.24. The average Bonchev–Trinajstić information content (AvgIpc) is 2.45. The topological polar surface area (TPSA) is 52.9 Å². The minimum atomic E-state index is -0.401. The first-order chi connectivity index (χ1) is 9.69. The van der Waals surface area contributed by atoms with Crippen LogP contribution < -0.4 is 5.32 Å². The van der Waals surface area contributed by atoms with Crippen LogP contribution in [0.2, 0.25) is 0 Å². The highest BCUT2D eigenvalue weighted by atomic mass is 16.1. The second-order valence-corrected chi connectivity index (χ2v) is 4.40. The molecule has 0 fully saturated rings. The van der Waals surface area contributed by atoms with Gasteiger partial charge in [-0.2, -0.15) is 5.26 Å². The predicted molar refractivity (Wildman–Crippen MR) is 79.8 cm³/mol. The molecule has 0 spiro atoms. The highest BCUT2D eigenvalue weighted by Gasteiger charge is 2.09. The number of anilines is 1. The van der Waals surface area contributed by atoms with Gasteiger partial charge < -0.3 is 5.32 Å². The Morgan fingerprint density at radius 1 is 1.15 bits per heavy atom. The molecule has 1 N–H and O–H groups in total. The lowest BCUT2D eigenvalue weighted by atomic mass is 10.1. The van der Waals surface area contributed by atoms with E-state index in [2.05, 4.69) is 5.32 Å². The Kier molecular flexibility index (Phi) is 4.31. The molecule has 20 heavy (non-hydrogen) atoms. The zero-order chi connectivity index (χ0) is 14.4. The molecule has 0 saturated carbocycles. The maximum atomic E-state index is 12.1. The van der Waals surface area contributed by atoms with Crippen LogP contribution in [0.5, 0.6) is 0 Å². The van der Waals surface area contributed by atoms with E-state index >= 15 is 0 Å². The molecule has 0 aromatic heterocycles. The standard InChI is InChI=1S/C17H14N2O/c1-13-6-5-9-16(10-13)19-17(20)15(12-18)11-14-7-3-2-4-8-14/h2-11H,1H3,(H,19,20)/b15-11-. The van der Waals surface area contributed by atoms with E-state index in [-0.39, 0.29) is 5.57 Å². The molecule has 0 saturated heterocycles. The zero-order valence-electron chi connectivity index (χ0n) is 11.1. The van der Waals surface area contributed by atoms with Crippen molar-refractivity contribution >= 4 is 17.7 Å². The van der Waals surface area contributed by atoms with Gasteiger partial charge in [0.05, 0.1) is 0 Å². The summed E-state index contributed by atoms with van der Waals surface area (Å²) in [7, 11) is 0. The molecule has 0 bridgehead atoms. The zero-order valence-corrected chi connectivity index (χ0v) is 11.1. The van der Waals surface area contributed by atoms with Crippen LogP contribution in [0.4, 0.5) is 5.69 Å². The number of nitriles is 1. The number of rotatable bonds is 3. The lowest BCUT2D eigenvalue weighted by molar-refractivity contribution is -0.112. The highest BCUT2D eigenvalue weighted by Crippen LogP contribution is 2.12. The number of carbonyl (C=O) groups excluding carboxylic acids is 1. The fraction of sp³-hybridized carbons (Fsp3) is 0.0588. The normalized spacial score (nSPS) is 10.7. The summed E-state index contributed by atoms with van der Waals surface area (Å²) in [6.45, 7) is 1.95. The van der Waals surface area contributed by atoms with Crippen molar-refractivity contribution in [1.29, 1.82) is 5.26 Å². The number of amides is 1. The van der Waals surface area contributed by atoms with Crippen molar-refractivity contribution in [3.63, 3.8) is 0 Å². The molecule has 2 aromatic carbocycles. The summed E-state index contributed by atoms with van der Waals surface area (Å²) in [6, 6.07) is 18.7. The molecule has 0 unspecified atom stereocenters. The van der Waals surface area contributed by atoms with Gasteiger partial charge in [-0.05, 0) is 36.3 Å². The summed E-state index contributed by atoms with van der Waals surface area (Å²) in [5.74, 6) is -0.401. The molecule has 0 aliphatic rings. The van der Waals surface area contributed by atoms with Crippen molar-refractivity contribution in [3.05, 3.63) is 71.3 Å². The summed E-state index contributed by atoms with van der Waals surface area (Å²) < 4.78 is 0. The van der Waals surface area contributed by atoms with Crippen molar-refractivity contribution in [2.75, 3.05) is 5.32 Å². The molecule has 3 nitrogen and oxygen atoms in total. The van der Waals surface area contributed by atoms with E-state index in [1.54, 1.807) is 12.1 Å². The molecule has 0 atom stereocenters. The maximum Gasteiger partial charge on any atom is 0.266 e. The van der Waals surface area contributed by atoms with Crippen LogP contribution in [0.3, 0.4) is 0 Å². The van der Waals surface area contributed by atoms with Crippen LogP contribution in [0, 0.1) is 18.3 Å². The van der Waals surface area contributed by atoms with Crippen molar-refractivity contribution in [1.82, 2.24) is 0 Å². The first kappa shape index (κ1) is 13.6. The van der Waals surface area contributed by atoms with Crippen LogP contribution >= 0.6 is 0 Å². The predicted octanol–water partition coefficient (Wildman–Crippen LogP) is 3.54. The fourth-order valence-electron chi connectivity index (χ4n) is 1.79. The van der Waals surface area contributed by atoms with Gasteiger partial charge in [0, 0.05) is 5.69 Å². The van der Waals surface area contributed by atoms with Crippen molar-refractivity contribution in [2.24, 2.45) is 0 Å². The Morgan fingerprint density at radius 2 is 1.90 bits per heavy atom. The molecule has 1 amide bonds. The van der Waals surface area contributed by atoms with Crippen LogP contribution in [0.1, 0.15) is 11.1 Å². The van der Waals surface area contributed by atoms with Gasteiger partial charge in [0.15, 0.2) is 0 Å². The molecular formula is C17H14N2O. The van der Waals surface area contributed by atoms with Crippen LogP contribution in [-0.2, 0) is 4.79 Å². The van der Waals surface area contributed by atoms with E-state index in [0.717, 1.165) is 11.1 Å². The number of hydrogen-bond acceptors (Lipinski definition) is 2. The molecule has 0 heterocycles. The number of benzene rings is 2. The van der Waals surface area contributed by atoms with E-state index < -0.39 is 5.91 Å². The Hall–Kier alpha value is -2.86. The quantitative estimate of drug-likeness (QED) is 0.679. The Morgan fingerprint density at radius 3 is 2.55 bits per heavy atom. The molecule has 3 heteroatoms. The van der Waals surface area contributed by atoms with Crippen LogP contribution in [-0.4, -0.2) is 5.91 Å². The van der Waals surface area contributed by atoms with Crippen molar-refractivity contribution < 1.29 is 4.79 Å². The Bertz CT molecular complexity index is 682. The molecule has 98 valence electrons. The van der Waals surface area contributed by atoms with Gasteiger partial charge >= 0.3 is 0 Å². The van der Waals surface area contributed by atoms with E-state index in [4.69, 9.17) is 5.26 Å². The summed E-state index contributed by atoms with van der Waals surface area (Å²) in [5.41, 5.74) is 2.64. The third-order valence-electron chi connectivity index (χ3n) is 2.75. The minimum Gasteiger partial charge on any atom is -0.321 e. The molecule has 2 rings (SSSR count). The summed E-state index contributed by atoms with van der Waals surface area (Å²) in [6.07, 6.45) is 1.57. The van der Waals surface area contributed by atoms with Crippen LogP contribution in [0.15, 0.2) is 60.2 Å². The number of aryl methyl sites for hydroxylation is 1. The second-order valence-electron chi connectivity index (χ2n) is 4.40. The van der Waals surface area contributed by atoms with Crippen LogP contribution in [0.25, 0.3) is 6.08 Å². The third kappa shape index (κ3) is 3.56. The van der Waals surface area contributed by atoms with Gasteiger partial charge in [-0.15, -0.1) is 0 Å². The van der Waals surface area contributed by atoms with Gasteiger partial charge in [-0.25, -0.2) is 0 Å². The Balaban J connectivity index is 2.19. The number of hydrogen-bond donors (Lipinski definition) is 1. The van der Waals surface area contributed by atoms with Gasteiger partial charge in [-0.1, -0.05) is 42.5 Å². The van der Waals surface area contributed by atoms with Gasteiger partial charge in [0.2, 0.25) is 0 Å². The summed E-state index contributed by atoms with van der Waals surface area (Å²) >= 11 is 0. The lowest BCUT2D eigenvalue weighted by Gasteiger charge is -2.05. The SMILES string of the molecule is Cc1cccc(NC(=O)/C(C#N)=C\c2ccccc2)c1. The maximum absolute atomic E-state index is 12.1. The third-order valence-corrected chi connectivity index (χ3v) is 2.75. The molecule has 0 aliphatic heterocycles. The highest BCUT2D eigenvalue weighted by molar-refractivity contribution is 6.09. The first-order valence-electron chi connectivity index (χ1n) is 6.24. The average molecular weight is 262 g/mol. The molecule has 0 aliphatic carbocycles. The number of nitrogens with zero attached hydrogens (tertiary/aromatic N) is 1. The Labute approximate surface area is 118 Å². The fourth-order valence-corrected chi connectivity index (χ4v) is 1.79. The van der Waals surface area contributed by atoms with E-state index in [0.29, 0.717) is 5.69 Å². The van der Waals surface area contributed by atoms with Gasteiger partial charge in [0.1, 0.15) is 11.6 Å². The summed E-state index contributed by atoms with van der Waals surface area (Å²) in [5, 5.41) is 11.8. The monoisotopic (exact) mass is 262 g/mol. The second kappa shape index (κ2) is 6.35. The lowest BCUT2D eigenvalue weighted by Crippen LogP contribution is -2.13. The number of nitrogens with one attached hydrogen (secondary N) is 1. The molecule has 2 aromatic rings. The molecular weight excluding hydrogens is 248 g/mol. The summed E-state index contributed by atoms with van der Waals surface area (Å²) in [4.78, 5) is 12.1. The molecule has 0 radical (unpaired) electrons. The number of carbonyl (C=O) groups is 1. The van der Waals surface area contributed by atoms with Crippen molar-refractivity contribution in [3.8, 4) is 6.07 Å². The van der Waals surface area contributed by atoms with E-state index in [1.807, 2.05) is 61.5 Å². The van der Waals surface area contributed by atoms with E-state index in [1.165, 1.54) is 0 Å². The van der Waals surface area contributed by atoms with E-state index in [9.17, 15) is 4.79 Å². The smallest absolute Gasteiger partial charge is 0.266 e. The van der Waals surface area contributed by atoms with Gasteiger partial charge in [0.25, 0.3) is 5.91 Å².